The normalized spacial score (nSPS) is 18.3. The van der Waals surface area contributed by atoms with Gasteiger partial charge in [-0.1, -0.05) is 36.9 Å². The highest BCUT2D eigenvalue weighted by atomic mass is 16.5. The summed E-state index contributed by atoms with van der Waals surface area (Å²) in [6.45, 7) is 8.90. The van der Waals surface area contributed by atoms with E-state index in [9.17, 15) is 4.79 Å². The van der Waals surface area contributed by atoms with Gasteiger partial charge in [-0.25, -0.2) is 9.67 Å². The number of ether oxygens (including phenoxy) is 2. The highest BCUT2D eigenvalue weighted by Crippen LogP contribution is 2.39. The van der Waals surface area contributed by atoms with Crippen LogP contribution in [0.1, 0.15) is 12.5 Å². The maximum Gasteiger partial charge on any atom is 0.247 e. The number of morpholine rings is 1. The minimum atomic E-state index is -0.946. The van der Waals surface area contributed by atoms with Crippen molar-refractivity contribution in [3.63, 3.8) is 0 Å². The van der Waals surface area contributed by atoms with Crippen LogP contribution in [0.5, 0.6) is 5.75 Å². The van der Waals surface area contributed by atoms with Crippen molar-refractivity contribution in [2.45, 2.75) is 19.3 Å². The first-order valence-electron chi connectivity index (χ1n) is 13.9. The van der Waals surface area contributed by atoms with E-state index in [1.807, 2.05) is 68.3 Å². The third-order valence-electron chi connectivity index (χ3n) is 7.00. The molecule has 220 valence electrons. The lowest BCUT2D eigenvalue weighted by Crippen LogP contribution is -2.49. The summed E-state index contributed by atoms with van der Waals surface area (Å²) in [7, 11) is 5.71. The van der Waals surface area contributed by atoms with Gasteiger partial charge in [0.25, 0.3) is 0 Å². The number of carbonyl (C=O) groups is 1. The first kappa shape index (κ1) is 28.9. The molecule has 0 saturated carbocycles. The Bertz CT molecular complexity index is 1490. The summed E-state index contributed by atoms with van der Waals surface area (Å²) < 4.78 is 13.2. The Morgan fingerprint density at radius 2 is 1.98 bits per heavy atom. The second-order valence-electron chi connectivity index (χ2n) is 10.6. The zero-order chi connectivity index (χ0) is 29.7. The molecule has 3 aromatic rings. The van der Waals surface area contributed by atoms with Crippen molar-refractivity contribution in [1.29, 1.82) is 0 Å². The lowest BCUT2D eigenvalue weighted by molar-refractivity contribution is -0.111. The number of benzene rings is 2. The van der Waals surface area contributed by atoms with Gasteiger partial charge in [-0.05, 0) is 39.2 Å². The minimum Gasteiger partial charge on any atom is -0.495 e. The average molecular weight is 571 g/mol. The molecule has 1 amide bonds. The Labute approximate surface area is 246 Å². The van der Waals surface area contributed by atoms with E-state index in [0.717, 1.165) is 34.9 Å². The summed E-state index contributed by atoms with van der Waals surface area (Å²) in [5, 5.41) is 14.9. The number of methoxy groups -OCH3 is 1. The van der Waals surface area contributed by atoms with E-state index in [0.29, 0.717) is 43.4 Å². The molecule has 1 fully saturated rings. The van der Waals surface area contributed by atoms with Crippen LogP contribution < -0.4 is 25.6 Å². The fraction of sp³-hybridized carbons (Fsp3) is 0.323. The van der Waals surface area contributed by atoms with Gasteiger partial charge < -0.3 is 35.2 Å². The Balaban J connectivity index is 1.45. The van der Waals surface area contributed by atoms with Gasteiger partial charge in [0.1, 0.15) is 11.6 Å². The Morgan fingerprint density at radius 3 is 2.67 bits per heavy atom. The maximum atomic E-state index is 12.4. The standard InChI is InChI=1S/C31H38N8O3/c1-6-29(40)33-24-18-25(27(41-5)19-26(24)38-14-16-42-17-15-38)34-31(2)32-13-12-28(35-31)39-21-23(20-37(3)4)30(36-39)22-10-8-7-9-11-22/h6-13,18-19,21,34-35H,1,14-17,20H2,2-5H3,(H,33,40). The van der Waals surface area contributed by atoms with E-state index in [2.05, 4.69) is 44.5 Å². The number of hydrogen-bond donors (Lipinski definition) is 3. The number of aromatic nitrogens is 2. The highest BCUT2D eigenvalue weighted by molar-refractivity contribution is 6.02. The van der Waals surface area contributed by atoms with Crippen LogP contribution in [0.2, 0.25) is 0 Å². The van der Waals surface area contributed by atoms with E-state index >= 15 is 0 Å². The second kappa shape index (κ2) is 12.5. The molecular weight excluding hydrogens is 532 g/mol. The molecule has 1 atom stereocenters. The van der Waals surface area contributed by atoms with E-state index < -0.39 is 5.79 Å². The van der Waals surface area contributed by atoms with E-state index in [1.54, 1.807) is 13.3 Å². The lowest BCUT2D eigenvalue weighted by atomic mass is 10.1. The van der Waals surface area contributed by atoms with Crippen molar-refractivity contribution in [2.75, 3.05) is 63.0 Å². The van der Waals surface area contributed by atoms with Gasteiger partial charge in [0.05, 0.1) is 43.1 Å². The Morgan fingerprint density at radius 1 is 1.21 bits per heavy atom. The molecule has 1 saturated heterocycles. The molecule has 2 aromatic carbocycles. The number of nitrogens with one attached hydrogen (secondary N) is 3. The molecule has 3 N–H and O–H groups in total. The first-order chi connectivity index (χ1) is 20.3. The number of allylic oxidation sites excluding steroid dienone is 1. The van der Waals surface area contributed by atoms with Crippen LogP contribution in [0.25, 0.3) is 17.1 Å². The third kappa shape index (κ3) is 6.48. The summed E-state index contributed by atoms with van der Waals surface area (Å²) >= 11 is 0. The Kier molecular flexibility index (Phi) is 8.60. The molecule has 3 heterocycles. The van der Waals surface area contributed by atoms with Gasteiger partial charge in [0.2, 0.25) is 11.7 Å². The molecule has 11 heteroatoms. The van der Waals surface area contributed by atoms with E-state index in [-0.39, 0.29) is 5.91 Å². The molecule has 0 spiro atoms. The quantitative estimate of drug-likeness (QED) is 0.316. The zero-order valence-electron chi connectivity index (χ0n) is 24.6. The molecular formula is C31H38N8O3. The van der Waals surface area contributed by atoms with Crippen LogP contribution in [0.15, 0.2) is 72.4 Å². The molecule has 1 aromatic heterocycles. The fourth-order valence-corrected chi connectivity index (χ4v) is 5.05. The molecule has 2 aliphatic heterocycles. The second-order valence-corrected chi connectivity index (χ2v) is 10.6. The van der Waals surface area contributed by atoms with Crippen LogP contribution >= 0.6 is 0 Å². The molecule has 5 rings (SSSR count). The molecule has 42 heavy (non-hydrogen) atoms. The summed E-state index contributed by atoms with van der Waals surface area (Å²) in [6.07, 6.45) is 6.94. The third-order valence-corrected chi connectivity index (χ3v) is 7.00. The van der Waals surface area contributed by atoms with Crippen molar-refractivity contribution in [2.24, 2.45) is 4.99 Å². The molecule has 11 nitrogen and oxygen atoms in total. The van der Waals surface area contributed by atoms with Gasteiger partial charge >= 0.3 is 0 Å². The van der Waals surface area contributed by atoms with Crippen molar-refractivity contribution in [3.05, 3.63) is 73.0 Å². The van der Waals surface area contributed by atoms with Gasteiger partial charge in [0.15, 0.2) is 0 Å². The smallest absolute Gasteiger partial charge is 0.247 e. The maximum absolute atomic E-state index is 12.4. The van der Waals surface area contributed by atoms with Gasteiger partial charge in [0, 0.05) is 49.2 Å². The van der Waals surface area contributed by atoms with Crippen LogP contribution in [0.4, 0.5) is 17.1 Å². The lowest BCUT2D eigenvalue weighted by Gasteiger charge is -2.34. The molecule has 0 aliphatic carbocycles. The topological polar surface area (TPSA) is 108 Å². The summed E-state index contributed by atoms with van der Waals surface area (Å²) in [5.41, 5.74) is 5.22. The molecule has 0 radical (unpaired) electrons. The van der Waals surface area contributed by atoms with Gasteiger partial charge in [-0.2, -0.15) is 5.10 Å². The zero-order valence-corrected chi connectivity index (χ0v) is 24.6. The number of nitrogens with zero attached hydrogens (tertiary/aromatic N) is 5. The monoisotopic (exact) mass is 570 g/mol. The van der Waals surface area contributed by atoms with Crippen molar-refractivity contribution in [1.82, 2.24) is 20.0 Å². The van der Waals surface area contributed by atoms with Crippen LogP contribution in [-0.4, -0.2) is 80.1 Å². The number of rotatable bonds is 10. The number of carbonyl (C=O) groups excluding carboxylic acids is 1. The summed E-state index contributed by atoms with van der Waals surface area (Å²) in [5.74, 6) is 0.123. The van der Waals surface area contributed by atoms with Gasteiger partial charge in [-0.15, -0.1) is 0 Å². The number of amides is 1. The van der Waals surface area contributed by atoms with Crippen molar-refractivity contribution >= 4 is 35.0 Å². The van der Waals surface area contributed by atoms with Crippen LogP contribution in [0.3, 0.4) is 0 Å². The number of hydrogen-bond acceptors (Lipinski definition) is 9. The van der Waals surface area contributed by atoms with Crippen LogP contribution in [-0.2, 0) is 16.1 Å². The molecule has 2 aliphatic rings. The Hall–Kier alpha value is -4.61. The highest BCUT2D eigenvalue weighted by Gasteiger charge is 2.29. The van der Waals surface area contributed by atoms with Crippen LogP contribution in [0, 0.1) is 0 Å². The summed E-state index contributed by atoms with van der Waals surface area (Å²) in [6, 6.07) is 14.0. The summed E-state index contributed by atoms with van der Waals surface area (Å²) in [4.78, 5) is 21.3. The molecule has 0 bridgehead atoms. The largest absolute Gasteiger partial charge is 0.495 e. The van der Waals surface area contributed by atoms with Gasteiger partial charge in [-0.3, -0.25) is 4.79 Å². The van der Waals surface area contributed by atoms with E-state index in [1.165, 1.54) is 6.08 Å². The number of aliphatic imine (C=N–C) groups is 1. The predicted octanol–water partition coefficient (Wildman–Crippen LogP) is 3.84. The number of anilines is 3. The fourth-order valence-electron chi connectivity index (χ4n) is 5.05. The average Bonchev–Trinajstić information content (AvgIpc) is 3.41. The SMILES string of the molecule is C=CC(=O)Nc1cc(NC2(C)N=CC=C(n3cc(CN(C)C)c(-c4ccccc4)n3)N2)c(OC)cc1N1CCOCC1. The predicted molar refractivity (Wildman–Crippen MR) is 168 cm³/mol. The first-order valence-corrected chi connectivity index (χ1v) is 13.9. The van der Waals surface area contributed by atoms with Crippen molar-refractivity contribution in [3.8, 4) is 17.0 Å². The molecule has 1 unspecified atom stereocenters. The van der Waals surface area contributed by atoms with E-state index in [4.69, 9.17) is 19.6 Å². The minimum absolute atomic E-state index is 0.299. The van der Waals surface area contributed by atoms with Crippen molar-refractivity contribution < 1.29 is 14.3 Å².